The fourth-order valence-electron chi connectivity index (χ4n) is 2.42. The van der Waals surface area contributed by atoms with Crippen molar-refractivity contribution >= 4 is 23.0 Å². The lowest BCUT2D eigenvalue weighted by molar-refractivity contribution is 0.715. The Labute approximate surface area is 158 Å². The average Bonchev–Trinajstić information content (AvgIpc) is 3.17. The van der Waals surface area contributed by atoms with E-state index >= 15 is 0 Å². The molecule has 1 fully saturated rings. The molecule has 0 unspecified atom stereocenters. The van der Waals surface area contributed by atoms with Crippen LogP contribution in [0.15, 0.2) is 41.1 Å². The van der Waals surface area contributed by atoms with Gasteiger partial charge in [0, 0.05) is 17.8 Å². The zero-order valence-corrected chi connectivity index (χ0v) is 16.4. The number of nitrogens with one attached hydrogen (secondary N) is 1. The van der Waals surface area contributed by atoms with Gasteiger partial charge >= 0.3 is 0 Å². The normalized spacial score (nSPS) is 13.9. The van der Waals surface area contributed by atoms with Crippen LogP contribution in [0.2, 0.25) is 0 Å². The van der Waals surface area contributed by atoms with Crippen molar-refractivity contribution in [3.05, 3.63) is 46.5 Å². The minimum atomic E-state index is 0.530. The van der Waals surface area contributed by atoms with Gasteiger partial charge < -0.3 is 5.32 Å². The maximum atomic E-state index is 4.60. The van der Waals surface area contributed by atoms with Crippen molar-refractivity contribution < 1.29 is 0 Å². The van der Waals surface area contributed by atoms with Crippen molar-refractivity contribution in [1.82, 2.24) is 19.9 Å². The van der Waals surface area contributed by atoms with E-state index < -0.39 is 0 Å². The molecule has 4 rings (SSSR count). The van der Waals surface area contributed by atoms with Crippen LogP contribution in [0.5, 0.6) is 0 Å². The largest absolute Gasteiger partial charge is 0.351 e. The summed E-state index contributed by atoms with van der Waals surface area (Å²) < 4.78 is 0. The monoisotopic (exact) mass is 368 g/mol. The van der Waals surface area contributed by atoms with Gasteiger partial charge in [-0.05, 0) is 44.2 Å². The molecule has 7 heteroatoms. The van der Waals surface area contributed by atoms with Crippen LogP contribution < -0.4 is 5.32 Å². The molecule has 0 radical (unpaired) electrons. The Balaban J connectivity index is 0.000000948. The second-order valence-corrected chi connectivity index (χ2v) is 6.83. The standard InChI is InChI=1S/C17H18N6S.C2H6/c1-11(16-4-3-9-24-16)22-23-12(2)14(10-19-23)15-7-8-18-17(21-15)20-13-5-6-13;1-2/h3-4,7-10,13H,5-6H2,1-2H3,(H,18,20,21);1-2H3/b22-11+;. The van der Waals surface area contributed by atoms with E-state index in [2.05, 4.69) is 31.6 Å². The molecular weight excluding hydrogens is 344 g/mol. The van der Waals surface area contributed by atoms with E-state index in [-0.39, 0.29) is 0 Å². The lowest BCUT2D eigenvalue weighted by atomic mass is 10.2. The van der Waals surface area contributed by atoms with Gasteiger partial charge in [0.15, 0.2) is 0 Å². The SMILES string of the molecule is C/C(=N\n1ncc(-c2ccnc(NC3CC3)n2)c1C)c1cccs1.CC. The van der Waals surface area contributed by atoms with Crippen LogP contribution in [-0.2, 0) is 0 Å². The molecule has 0 aliphatic heterocycles. The third kappa shape index (κ3) is 4.16. The number of hydrogen-bond donors (Lipinski definition) is 1. The molecule has 3 heterocycles. The summed E-state index contributed by atoms with van der Waals surface area (Å²) >= 11 is 1.67. The number of thiophene rings is 1. The lowest BCUT2D eigenvalue weighted by Crippen LogP contribution is -2.05. The molecule has 0 amide bonds. The van der Waals surface area contributed by atoms with Gasteiger partial charge in [0.25, 0.3) is 0 Å². The van der Waals surface area contributed by atoms with Gasteiger partial charge in [-0.3, -0.25) is 0 Å². The highest BCUT2D eigenvalue weighted by atomic mass is 32.1. The van der Waals surface area contributed by atoms with Crippen molar-refractivity contribution in [3.63, 3.8) is 0 Å². The Morgan fingerprint density at radius 1 is 1.31 bits per heavy atom. The summed E-state index contributed by atoms with van der Waals surface area (Å²) in [5.74, 6) is 0.681. The Bertz CT molecular complexity index is 877. The van der Waals surface area contributed by atoms with Crippen molar-refractivity contribution in [2.24, 2.45) is 5.10 Å². The van der Waals surface area contributed by atoms with E-state index in [1.54, 1.807) is 22.3 Å². The van der Waals surface area contributed by atoms with Gasteiger partial charge in [-0.2, -0.15) is 15.0 Å². The van der Waals surface area contributed by atoms with Crippen molar-refractivity contribution in [3.8, 4) is 11.3 Å². The smallest absolute Gasteiger partial charge is 0.223 e. The first kappa shape index (κ1) is 18.3. The molecule has 1 aliphatic rings. The Hall–Kier alpha value is -2.54. The summed E-state index contributed by atoms with van der Waals surface area (Å²) in [7, 11) is 0. The molecule has 0 atom stereocenters. The van der Waals surface area contributed by atoms with E-state index in [0.717, 1.165) is 27.5 Å². The maximum Gasteiger partial charge on any atom is 0.223 e. The fraction of sp³-hybridized carbons (Fsp3) is 0.368. The molecule has 1 aliphatic carbocycles. The molecular formula is C19H24N6S. The third-order valence-electron chi connectivity index (χ3n) is 3.95. The van der Waals surface area contributed by atoms with Gasteiger partial charge in [-0.1, -0.05) is 19.9 Å². The molecule has 3 aromatic heterocycles. The topological polar surface area (TPSA) is 68.0 Å². The van der Waals surface area contributed by atoms with Crippen molar-refractivity contribution in [2.75, 3.05) is 5.32 Å². The van der Waals surface area contributed by atoms with E-state index in [0.29, 0.717) is 12.0 Å². The molecule has 0 saturated heterocycles. The van der Waals surface area contributed by atoms with Gasteiger partial charge in [-0.25, -0.2) is 9.97 Å². The summed E-state index contributed by atoms with van der Waals surface area (Å²) in [5.41, 5.74) is 3.74. The summed E-state index contributed by atoms with van der Waals surface area (Å²) in [6.45, 7) is 8.00. The number of hydrogen-bond acceptors (Lipinski definition) is 6. The highest BCUT2D eigenvalue weighted by Gasteiger charge is 2.22. The highest BCUT2D eigenvalue weighted by molar-refractivity contribution is 7.12. The van der Waals surface area contributed by atoms with E-state index in [4.69, 9.17) is 0 Å². The summed E-state index contributed by atoms with van der Waals surface area (Å²) in [6, 6.07) is 6.52. The molecule has 0 bridgehead atoms. The third-order valence-corrected chi connectivity index (χ3v) is 4.93. The molecule has 3 aromatic rings. The van der Waals surface area contributed by atoms with E-state index in [1.807, 2.05) is 51.4 Å². The molecule has 1 N–H and O–H groups in total. The van der Waals surface area contributed by atoms with E-state index in [9.17, 15) is 0 Å². The molecule has 26 heavy (non-hydrogen) atoms. The van der Waals surface area contributed by atoms with Crippen molar-refractivity contribution in [1.29, 1.82) is 0 Å². The van der Waals surface area contributed by atoms with Crippen LogP contribution in [0.1, 0.15) is 44.2 Å². The second-order valence-electron chi connectivity index (χ2n) is 5.88. The highest BCUT2D eigenvalue weighted by Crippen LogP contribution is 2.25. The van der Waals surface area contributed by atoms with Gasteiger partial charge in [0.05, 0.1) is 28.2 Å². The quantitative estimate of drug-likeness (QED) is 0.669. The number of anilines is 1. The van der Waals surface area contributed by atoms with Gasteiger partial charge in [-0.15, -0.1) is 11.3 Å². The molecule has 1 saturated carbocycles. The average molecular weight is 369 g/mol. The fourth-order valence-corrected chi connectivity index (χ4v) is 3.09. The number of rotatable bonds is 5. The van der Waals surface area contributed by atoms with Gasteiger partial charge in [0.1, 0.15) is 0 Å². The molecule has 136 valence electrons. The predicted octanol–water partition coefficient (Wildman–Crippen LogP) is 4.58. The molecule has 6 nitrogen and oxygen atoms in total. The van der Waals surface area contributed by atoms with Crippen LogP contribution >= 0.6 is 11.3 Å². The Morgan fingerprint density at radius 3 is 2.81 bits per heavy atom. The lowest BCUT2D eigenvalue weighted by Gasteiger charge is -2.05. The Morgan fingerprint density at radius 2 is 2.12 bits per heavy atom. The predicted molar refractivity (Wildman–Crippen MR) is 108 cm³/mol. The zero-order valence-electron chi connectivity index (χ0n) is 15.6. The summed E-state index contributed by atoms with van der Waals surface area (Å²) in [4.78, 5) is 11.7. The number of aromatic nitrogens is 4. The summed E-state index contributed by atoms with van der Waals surface area (Å²) in [6.07, 6.45) is 5.98. The number of nitrogens with zero attached hydrogens (tertiary/aromatic N) is 5. The first-order valence-corrected chi connectivity index (χ1v) is 9.83. The summed E-state index contributed by atoms with van der Waals surface area (Å²) in [5, 5.41) is 14.4. The van der Waals surface area contributed by atoms with Crippen LogP contribution in [-0.4, -0.2) is 31.6 Å². The molecule has 0 spiro atoms. The van der Waals surface area contributed by atoms with Crippen molar-refractivity contribution in [2.45, 2.75) is 46.6 Å². The second kappa shape index (κ2) is 8.23. The van der Waals surface area contributed by atoms with Crippen LogP contribution in [0.3, 0.4) is 0 Å². The minimum Gasteiger partial charge on any atom is -0.351 e. The first-order valence-electron chi connectivity index (χ1n) is 8.95. The molecule has 0 aromatic carbocycles. The Kier molecular flexibility index (Phi) is 5.78. The van der Waals surface area contributed by atoms with E-state index in [1.165, 1.54) is 12.8 Å². The van der Waals surface area contributed by atoms with Crippen LogP contribution in [0.25, 0.3) is 11.3 Å². The zero-order chi connectivity index (χ0) is 18.5. The van der Waals surface area contributed by atoms with Crippen LogP contribution in [0.4, 0.5) is 5.95 Å². The minimum absolute atomic E-state index is 0.530. The first-order chi connectivity index (χ1) is 12.7. The van der Waals surface area contributed by atoms with Gasteiger partial charge in [0.2, 0.25) is 5.95 Å². The van der Waals surface area contributed by atoms with Crippen LogP contribution in [0, 0.1) is 6.92 Å². The maximum absolute atomic E-state index is 4.60.